The third-order valence-electron chi connectivity index (χ3n) is 3.49. The lowest BCUT2D eigenvalue weighted by Crippen LogP contribution is -2.41. The lowest BCUT2D eigenvalue weighted by Gasteiger charge is -2.29. The number of hydrogen-bond donors (Lipinski definition) is 0. The van der Waals surface area contributed by atoms with Crippen molar-refractivity contribution < 1.29 is 13.2 Å². The van der Waals surface area contributed by atoms with Crippen LogP contribution in [0.4, 0.5) is 0 Å². The van der Waals surface area contributed by atoms with E-state index in [9.17, 15) is 8.42 Å². The topological polar surface area (TPSA) is 46.6 Å². The normalized spacial score (nSPS) is 17.5. The molecule has 112 valence electrons. The third kappa shape index (κ3) is 4.04. The van der Waals surface area contributed by atoms with Gasteiger partial charge in [0.1, 0.15) is 0 Å². The number of alkyl halides is 1. The number of nitrogens with zero attached hydrogens (tertiary/aromatic N) is 1. The highest BCUT2D eigenvalue weighted by Crippen LogP contribution is 2.21. The Morgan fingerprint density at radius 1 is 1.20 bits per heavy atom. The first-order chi connectivity index (χ1) is 9.64. The predicted octanol–water partition coefficient (Wildman–Crippen LogP) is 2.39. The van der Waals surface area contributed by atoms with Crippen LogP contribution < -0.4 is 0 Å². The molecule has 1 aromatic rings. The molecule has 1 fully saturated rings. The van der Waals surface area contributed by atoms with Crippen molar-refractivity contribution >= 4 is 26.0 Å². The Morgan fingerprint density at radius 2 is 1.85 bits per heavy atom. The highest BCUT2D eigenvalue weighted by molar-refractivity contribution is 9.09. The SMILES string of the molecule is O=S(=O)(C1CCOCC1)N(CCBr)Cc1ccccc1. The second-order valence-corrected chi connectivity index (χ2v) is 7.87. The fourth-order valence-corrected chi connectivity index (χ4v) is 4.91. The van der Waals surface area contributed by atoms with Gasteiger partial charge in [0.25, 0.3) is 0 Å². The fraction of sp³-hybridized carbons (Fsp3) is 0.571. The predicted molar refractivity (Wildman–Crippen MR) is 83.4 cm³/mol. The molecule has 0 atom stereocenters. The lowest BCUT2D eigenvalue weighted by molar-refractivity contribution is 0.0972. The van der Waals surface area contributed by atoms with Crippen molar-refractivity contribution in [1.29, 1.82) is 0 Å². The van der Waals surface area contributed by atoms with Gasteiger partial charge in [0.2, 0.25) is 10.0 Å². The second-order valence-electron chi connectivity index (χ2n) is 4.86. The van der Waals surface area contributed by atoms with Gasteiger partial charge in [0.05, 0.1) is 5.25 Å². The van der Waals surface area contributed by atoms with Crippen LogP contribution in [-0.4, -0.2) is 43.1 Å². The molecular weight excluding hydrogens is 342 g/mol. The van der Waals surface area contributed by atoms with Crippen LogP contribution in [0.1, 0.15) is 18.4 Å². The van der Waals surface area contributed by atoms with E-state index in [1.807, 2.05) is 30.3 Å². The van der Waals surface area contributed by atoms with Crippen LogP contribution in [0.15, 0.2) is 30.3 Å². The van der Waals surface area contributed by atoms with Crippen LogP contribution in [0.25, 0.3) is 0 Å². The molecule has 1 aliphatic rings. The number of benzene rings is 1. The maximum atomic E-state index is 12.7. The zero-order valence-corrected chi connectivity index (χ0v) is 13.8. The van der Waals surface area contributed by atoms with Gasteiger partial charge in [0, 0.05) is 31.6 Å². The molecule has 0 aliphatic carbocycles. The molecule has 1 saturated heterocycles. The quantitative estimate of drug-likeness (QED) is 0.730. The maximum Gasteiger partial charge on any atom is 0.217 e. The van der Waals surface area contributed by atoms with Gasteiger partial charge in [-0.15, -0.1) is 0 Å². The summed E-state index contributed by atoms with van der Waals surface area (Å²) in [6.45, 7) is 2.01. The minimum Gasteiger partial charge on any atom is -0.381 e. The number of ether oxygens (including phenoxy) is 1. The van der Waals surface area contributed by atoms with Crippen molar-refractivity contribution in [2.24, 2.45) is 0 Å². The standard InChI is InChI=1S/C14H20BrNO3S/c15-8-9-16(12-13-4-2-1-3-5-13)20(17,18)14-6-10-19-11-7-14/h1-5,14H,6-12H2. The Morgan fingerprint density at radius 3 is 2.45 bits per heavy atom. The summed E-state index contributed by atoms with van der Waals surface area (Å²) >= 11 is 3.35. The van der Waals surface area contributed by atoms with E-state index >= 15 is 0 Å². The van der Waals surface area contributed by atoms with Crippen molar-refractivity contribution in [1.82, 2.24) is 4.31 Å². The zero-order valence-electron chi connectivity index (χ0n) is 11.4. The Hall–Kier alpha value is -0.430. The molecule has 1 heterocycles. The van der Waals surface area contributed by atoms with Crippen LogP contribution in [-0.2, 0) is 21.3 Å². The Labute approximate surface area is 129 Å². The smallest absolute Gasteiger partial charge is 0.217 e. The van der Waals surface area contributed by atoms with Crippen LogP contribution in [0, 0.1) is 0 Å². The van der Waals surface area contributed by atoms with Crippen molar-refractivity contribution in [3.8, 4) is 0 Å². The first-order valence-electron chi connectivity index (χ1n) is 6.81. The monoisotopic (exact) mass is 361 g/mol. The minimum atomic E-state index is -3.26. The Balaban J connectivity index is 2.14. The fourth-order valence-electron chi connectivity index (χ4n) is 2.36. The summed E-state index contributed by atoms with van der Waals surface area (Å²) in [7, 11) is -3.26. The molecule has 4 nitrogen and oxygen atoms in total. The highest BCUT2D eigenvalue weighted by Gasteiger charge is 2.32. The summed E-state index contributed by atoms with van der Waals surface area (Å²) in [5, 5.41) is 0.335. The van der Waals surface area contributed by atoms with Crippen molar-refractivity contribution in [2.75, 3.05) is 25.1 Å². The summed E-state index contributed by atoms with van der Waals surface area (Å²) in [6.07, 6.45) is 1.19. The van der Waals surface area contributed by atoms with Gasteiger partial charge in [-0.1, -0.05) is 46.3 Å². The molecule has 0 N–H and O–H groups in total. The van der Waals surface area contributed by atoms with Crippen LogP contribution in [0.2, 0.25) is 0 Å². The number of halogens is 1. The average molecular weight is 362 g/mol. The van der Waals surface area contributed by atoms with Crippen molar-refractivity contribution in [2.45, 2.75) is 24.6 Å². The van der Waals surface area contributed by atoms with E-state index in [1.54, 1.807) is 4.31 Å². The molecule has 1 aliphatic heterocycles. The molecule has 0 amide bonds. The Kier molecular flexibility index (Phi) is 6.01. The van der Waals surface area contributed by atoms with E-state index in [0.717, 1.165) is 5.56 Å². The van der Waals surface area contributed by atoms with Crippen LogP contribution in [0.5, 0.6) is 0 Å². The molecule has 0 unspecified atom stereocenters. The number of hydrogen-bond acceptors (Lipinski definition) is 3. The summed E-state index contributed by atoms with van der Waals surface area (Å²) in [5.74, 6) is 0. The lowest BCUT2D eigenvalue weighted by atomic mass is 10.2. The first-order valence-corrected chi connectivity index (χ1v) is 9.43. The molecule has 0 radical (unpaired) electrons. The van der Waals surface area contributed by atoms with Gasteiger partial charge in [-0.25, -0.2) is 8.42 Å². The summed E-state index contributed by atoms with van der Waals surface area (Å²) in [5.41, 5.74) is 1.02. The van der Waals surface area contributed by atoms with E-state index in [0.29, 0.717) is 44.5 Å². The molecule has 0 saturated carbocycles. The van der Waals surface area contributed by atoms with E-state index in [4.69, 9.17) is 4.74 Å². The Bertz CT molecular complexity index is 500. The van der Waals surface area contributed by atoms with E-state index in [-0.39, 0.29) is 5.25 Å². The summed E-state index contributed by atoms with van der Waals surface area (Å²) in [4.78, 5) is 0. The van der Waals surface area contributed by atoms with E-state index in [2.05, 4.69) is 15.9 Å². The van der Waals surface area contributed by atoms with Crippen molar-refractivity contribution in [3.05, 3.63) is 35.9 Å². The number of sulfonamides is 1. The van der Waals surface area contributed by atoms with Gasteiger partial charge in [0.15, 0.2) is 0 Å². The molecule has 20 heavy (non-hydrogen) atoms. The third-order valence-corrected chi connectivity index (χ3v) is 6.19. The first kappa shape index (κ1) is 15.9. The highest BCUT2D eigenvalue weighted by atomic mass is 79.9. The molecule has 0 spiro atoms. The number of rotatable bonds is 6. The second kappa shape index (κ2) is 7.54. The maximum absolute atomic E-state index is 12.7. The van der Waals surface area contributed by atoms with Gasteiger partial charge in [-0.3, -0.25) is 0 Å². The largest absolute Gasteiger partial charge is 0.381 e. The minimum absolute atomic E-state index is 0.306. The molecule has 2 rings (SSSR count). The summed E-state index contributed by atoms with van der Waals surface area (Å²) < 4.78 is 32.3. The van der Waals surface area contributed by atoms with Gasteiger partial charge < -0.3 is 4.74 Å². The van der Waals surface area contributed by atoms with Crippen LogP contribution >= 0.6 is 15.9 Å². The molecule has 0 bridgehead atoms. The van der Waals surface area contributed by atoms with Gasteiger partial charge in [-0.05, 0) is 18.4 Å². The molecule has 6 heteroatoms. The van der Waals surface area contributed by atoms with Crippen molar-refractivity contribution in [3.63, 3.8) is 0 Å². The van der Waals surface area contributed by atoms with E-state index in [1.165, 1.54) is 0 Å². The molecular formula is C14H20BrNO3S. The average Bonchev–Trinajstić information content (AvgIpc) is 2.49. The van der Waals surface area contributed by atoms with E-state index < -0.39 is 10.0 Å². The van der Waals surface area contributed by atoms with Gasteiger partial charge >= 0.3 is 0 Å². The van der Waals surface area contributed by atoms with Crippen LogP contribution in [0.3, 0.4) is 0 Å². The van der Waals surface area contributed by atoms with Gasteiger partial charge in [-0.2, -0.15) is 4.31 Å². The molecule has 1 aromatic carbocycles. The molecule has 0 aromatic heterocycles. The summed E-state index contributed by atoms with van der Waals surface area (Å²) in [6, 6.07) is 9.72. The zero-order chi connectivity index (χ0) is 14.4.